The van der Waals surface area contributed by atoms with Crippen LogP contribution in [0.3, 0.4) is 0 Å². The molecular weight excluding hydrogens is 321 g/mol. The Morgan fingerprint density at radius 1 is 1.04 bits per heavy atom. The van der Waals surface area contributed by atoms with E-state index in [4.69, 9.17) is 4.74 Å². The van der Waals surface area contributed by atoms with Gasteiger partial charge in [-0.25, -0.2) is 19.3 Å². The van der Waals surface area contributed by atoms with Crippen molar-refractivity contribution in [3.63, 3.8) is 0 Å². The highest BCUT2D eigenvalue weighted by Gasteiger charge is 2.19. The first-order chi connectivity index (χ1) is 12.3. The second-order valence-corrected chi connectivity index (χ2v) is 6.48. The smallest absolute Gasteiger partial charge is 0.225 e. The minimum Gasteiger partial charge on any atom is -0.378 e. The normalized spacial score (nSPS) is 17.2. The molecule has 1 saturated heterocycles. The number of anilines is 1. The Balaban J connectivity index is 1.52. The summed E-state index contributed by atoms with van der Waals surface area (Å²) < 4.78 is 22.1. The maximum atomic E-state index is 14.6. The lowest BCUT2D eigenvalue weighted by molar-refractivity contribution is 0.122. The summed E-state index contributed by atoms with van der Waals surface area (Å²) in [5.74, 6) is 1.43. The van der Waals surface area contributed by atoms with Crippen LogP contribution in [-0.2, 0) is 17.7 Å². The van der Waals surface area contributed by atoms with Gasteiger partial charge in [-0.3, -0.25) is 0 Å². The zero-order chi connectivity index (χ0) is 16.8. The molecule has 4 heterocycles. The van der Waals surface area contributed by atoms with Gasteiger partial charge in [0.05, 0.1) is 24.2 Å². The van der Waals surface area contributed by atoms with Crippen molar-refractivity contribution in [2.75, 3.05) is 31.2 Å². The lowest BCUT2D eigenvalue weighted by atomic mass is 10.1. The van der Waals surface area contributed by atoms with E-state index < -0.39 is 0 Å². The zero-order valence-corrected chi connectivity index (χ0v) is 13.8. The van der Waals surface area contributed by atoms with Crippen molar-refractivity contribution in [1.29, 1.82) is 0 Å². The Kier molecular flexibility index (Phi) is 3.41. The highest BCUT2D eigenvalue weighted by atomic mass is 19.1. The third kappa shape index (κ3) is 2.46. The quantitative estimate of drug-likeness (QED) is 0.718. The van der Waals surface area contributed by atoms with Gasteiger partial charge in [-0.2, -0.15) is 0 Å². The third-order valence-electron chi connectivity index (χ3n) is 4.94. The largest absolute Gasteiger partial charge is 0.378 e. The van der Waals surface area contributed by atoms with Gasteiger partial charge in [0.1, 0.15) is 11.6 Å². The highest BCUT2D eigenvalue weighted by Crippen LogP contribution is 2.30. The van der Waals surface area contributed by atoms with Gasteiger partial charge in [-0.05, 0) is 12.5 Å². The Morgan fingerprint density at radius 3 is 2.64 bits per heavy atom. The number of ether oxygens (including phenoxy) is 1. The van der Waals surface area contributed by atoms with Crippen molar-refractivity contribution in [3.05, 3.63) is 36.2 Å². The fourth-order valence-corrected chi connectivity index (χ4v) is 3.64. The van der Waals surface area contributed by atoms with Crippen LogP contribution in [0.5, 0.6) is 0 Å². The van der Waals surface area contributed by atoms with Gasteiger partial charge in [-0.1, -0.05) is 0 Å². The van der Waals surface area contributed by atoms with Gasteiger partial charge in [-0.15, -0.1) is 0 Å². The van der Waals surface area contributed by atoms with Gasteiger partial charge in [0.25, 0.3) is 0 Å². The van der Waals surface area contributed by atoms with Crippen LogP contribution in [0.15, 0.2) is 24.5 Å². The summed E-state index contributed by atoms with van der Waals surface area (Å²) in [5, 5.41) is 0. The molecule has 7 heteroatoms. The number of hydrogen-bond donors (Lipinski definition) is 0. The summed E-state index contributed by atoms with van der Waals surface area (Å²) in [6.07, 6.45) is 5.46. The summed E-state index contributed by atoms with van der Waals surface area (Å²) >= 11 is 0. The van der Waals surface area contributed by atoms with E-state index in [1.807, 2.05) is 6.07 Å². The molecule has 0 radical (unpaired) electrons. The molecule has 0 N–H and O–H groups in total. The molecule has 3 aromatic rings. The van der Waals surface area contributed by atoms with E-state index in [1.165, 1.54) is 6.07 Å². The van der Waals surface area contributed by atoms with E-state index in [0.717, 1.165) is 49.3 Å². The molecule has 1 fully saturated rings. The Hall–Kier alpha value is -2.54. The standard InChI is InChI=1S/C18H18FN5O/c19-14-9-15-16(24-3-1-2-17(24)22-15)8-13(14)12-10-20-18(21-11-12)23-4-6-25-7-5-23/h8-11H,1-7H2. The molecule has 0 atom stereocenters. The first kappa shape index (κ1) is 14.8. The van der Waals surface area contributed by atoms with Gasteiger partial charge >= 0.3 is 0 Å². The monoisotopic (exact) mass is 339 g/mol. The number of aryl methyl sites for hydroxylation is 2. The fourth-order valence-electron chi connectivity index (χ4n) is 3.64. The van der Waals surface area contributed by atoms with Crippen LogP contribution in [0.25, 0.3) is 22.2 Å². The molecule has 2 aromatic heterocycles. The van der Waals surface area contributed by atoms with Crippen LogP contribution in [-0.4, -0.2) is 45.8 Å². The summed E-state index contributed by atoms with van der Waals surface area (Å²) in [6.45, 7) is 3.87. The van der Waals surface area contributed by atoms with Crippen LogP contribution >= 0.6 is 0 Å². The van der Waals surface area contributed by atoms with Gasteiger partial charge in [0, 0.05) is 55.6 Å². The van der Waals surface area contributed by atoms with Crippen molar-refractivity contribution in [2.24, 2.45) is 0 Å². The van der Waals surface area contributed by atoms with Crippen LogP contribution < -0.4 is 4.90 Å². The maximum absolute atomic E-state index is 14.6. The molecule has 0 spiro atoms. The van der Waals surface area contributed by atoms with Crippen LogP contribution in [0.4, 0.5) is 10.3 Å². The summed E-state index contributed by atoms with van der Waals surface area (Å²) in [6, 6.07) is 3.39. The molecule has 1 aromatic carbocycles. The third-order valence-corrected chi connectivity index (χ3v) is 4.94. The first-order valence-corrected chi connectivity index (χ1v) is 8.63. The van der Waals surface area contributed by atoms with Crippen LogP contribution in [0.2, 0.25) is 0 Å². The molecule has 0 amide bonds. The molecule has 0 bridgehead atoms. The van der Waals surface area contributed by atoms with E-state index in [9.17, 15) is 4.39 Å². The minimum absolute atomic E-state index is 0.285. The molecular formula is C18H18FN5O. The predicted molar refractivity (Wildman–Crippen MR) is 92.1 cm³/mol. The number of hydrogen-bond acceptors (Lipinski definition) is 5. The van der Waals surface area contributed by atoms with Gasteiger partial charge in [0.2, 0.25) is 5.95 Å². The van der Waals surface area contributed by atoms with Crippen molar-refractivity contribution in [2.45, 2.75) is 19.4 Å². The number of aromatic nitrogens is 4. The van der Waals surface area contributed by atoms with E-state index in [2.05, 4.69) is 24.4 Å². The van der Waals surface area contributed by atoms with Crippen LogP contribution in [0.1, 0.15) is 12.2 Å². The van der Waals surface area contributed by atoms with E-state index in [-0.39, 0.29) is 5.82 Å². The predicted octanol–water partition coefficient (Wildman–Crippen LogP) is 2.42. The number of halogens is 1. The second-order valence-electron chi connectivity index (χ2n) is 6.48. The summed E-state index contributed by atoms with van der Waals surface area (Å²) in [4.78, 5) is 15.5. The Bertz CT molecular complexity index is 931. The lowest BCUT2D eigenvalue weighted by Gasteiger charge is -2.26. The van der Waals surface area contributed by atoms with Crippen molar-refractivity contribution in [1.82, 2.24) is 19.5 Å². The molecule has 2 aliphatic heterocycles. The van der Waals surface area contributed by atoms with Crippen LogP contribution in [0, 0.1) is 5.82 Å². The Labute approximate surface area is 144 Å². The molecule has 25 heavy (non-hydrogen) atoms. The molecule has 0 saturated carbocycles. The highest BCUT2D eigenvalue weighted by molar-refractivity contribution is 5.83. The summed E-state index contributed by atoms with van der Waals surface area (Å²) in [7, 11) is 0. The fraction of sp³-hybridized carbons (Fsp3) is 0.389. The maximum Gasteiger partial charge on any atom is 0.225 e. The first-order valence-electron chi connectivity index (χ1n) is 8.63. The number of nitrogens with zero attached hydrogens (tertiary/aromatic N) is 5. The van der Waals surface area contributed by atoms with E-state index in [1.54, 1.807) is 12.4 Å². The number of benzene rings is 1. The molecule has 6 nitrogen and oxygen atoms in total. The number of fused-ring (bicyclic) bond motifs is 3. The molecule has 5 rings (SSSR count). The SMILES string of the molecule is Fc1cc2nc3n(c2cc1-c1cnc(N2CCOCC2)nc1)CCC3. The van der Waals surface area contributed by atoms with Gasteiger partial charge < -0.3 is 14.2 Å². The number of rotatable bonds is 2. The van der Waals surface area contributed by atoms with Crippen molar-refractivity contribution < 1.29 is 9.13 Å². The second kappa shape index (κ2) is 5.77. The minimum atomic E-state index is -0.285. The molecule has 2 aliphatic rings. The van der Waals surface area contributed by atoms with E-state index in [0.29, 0.717) is 30.3 Å². The summed E-state index contributed by atoms with van der Waals surface area (Å²) in [5.41, 5.74) is 2.92. The van der Waals surface area contributed by atoms with Crippen molar-refractivity contribution >= 4 is 17.0 Å². The Morgan fingerprint density at radius 2 is 1.84 bits per heavy atom. The molecule has 0 unspecified atom stereocenters. The molecule has 0 aliphatic carbocycles. The van der Waals surface area contributed by atoms with E-state index >= 15 is 0 Å². The van der Waals surface area contributed by atoms with Crippen molar-refractivity contribution in [3.8, 4) is 11.1 Å². The average molecular weight is 339 g/mol. The molecule has 128 valence electrons. The lowest BCUT2D eigenvalue weighted by Crippen LogP contribution is -2.37. The number of morpholine rings is 1. The van der Waals surface area contributed by atoms with Gasteiger partial charge in [0.15, 0.2) is 0 Å². The topological polar surface area (TPSA) is 56.1 Å². The average Bonchev–Trinajstić information content (AvgIpc) is 3.23. The number of imidazole rings is 1. The zero-order valence-electron chi connectivity index (χ0n) is 13.8.